The number of anilines is 1. The number of urea groups is 1. The van der Waals surface area contributed by atoms with Crippen molar-refractivity contribution >= 4 is 17.7 Å². The number of hydrogen-bond donors (Lipinski definition) is 2. The number of nitrogens with one attached hydrogen (secondary N) is 1. The number of aromatic nitrogens is 1. The molecular weight excluding hydrogens is 274 g/mol. The lowest BCUT2D eigenvalue weighted by Crippen LogP contribution is -2.43. The third-order valence-corrected chi connectivity index (χ3v) is 3.15. The molecule has 0 spiro atoms. The van der Waals surface area contributed by atoms with E-state index >= 15 is 0 Å². The van der Waals surface area contributed by atoms with Crippen LogP contribution >= 0.6 is 0 Å². The summed E-state index contributed by atoms with van der Waals surface area (Å²) in [4.78, 5) is 28.4. The summed E-state index contributed by atoms with van der Waals surface area (Å²) >= 11 is 0. The monoisotopic (exact) mass is 295 g/mol. The van der Waals surface area contributed by atoms with Crippen molar-refractivity contribution in [1.82, 2.24) is 9.88 Å². The van der Waals surface area contributed by atoms with Gasteiger partial charge in [-0.15, -0.1) is 0 Å². The van der Waals surface area contributed by atoms with E-state index in [9.17, 15) is 9.59 Å². The van der Waals surface area contributed by atoms with Crippen LogP contribution in [-0.2, 0) is 4.74 Å². The van der Waals surface area contributed by atoms with Crippen molar-refractivity contribution in [2.45, 2.75) is 26.3 Å². The SMILES string of the molecule is CCC(C)N(CCOC)C(=O)Nc1ccc(C(=O)O)nc1. The molecule has 0 aliphatic heterocycles. The third kappa shape index (κ3) is 5.03. The van der Waals surface area contributed by atoms with Crippen LogP contribution in [0.2, 0.25) is 0 Å². The molecule has 2 amide bonds. The number of rotatable bonds is 7. The fourth-order valence-corrected chi connectivity index (χ4v) is 1.72. The number of amides is 2. The van der Waals surface area contributed by atoms with Crippen LogP contribution in [0.25, 0.3) is 0 Å². The summed E-state index contributed by atoms with van der Waals surface area (Å²) in [6.45, 7) is 4.90. The summed E-state index contributed by atoms with van der Waals surface area (Å²) in [5.41, 5.74) is 0.391. The number of hydrogen-bond acceptors (Lipinski definition) is 4. The van der Waals surface area contributed by atoms with Crippen LogP contribution in [-0.4, -0.2) is 53.3 Å². The standard InChI is InChI=1S/C14H21N3O4/c1-4-10(2)17(7-8-21-3)14(20)16-11-5-6-12(13(18)19)15-9-11/h5-6,9-10H,4,7-8H2,1-3H3,(H,16,20)(H,18,19). The molecule has 0 aliphatic rings. The summed E-state index contributed by atoms with van der Waals surface area (Å²) in [5.74, 6) is -1.10. The molecule has 1 aromatic heterocycles. The molecule has 0 fully saturated rings. The van der Waals surface area contributed by atoms with Crippen molar-refractivity contribution in [2.75, 3.05) is 25.6 Å². The minimum absolute atomic E-state index is 0.0637. The maximum atomic E-state index is 12.3. The van der Waals surface area contributed by atoms with Gasteiger partial charge in [-0.3, -0.25) is 0 Å². The Morgan fingerprint density at radius 1 is 1.48 bits per heavy atom. The zero-order chi connectivity index (χ0) is 15.8. The van der Waals surface area contributed by atoms with E-state index in [0.29, 0.717) is 18.8 Å². The van der Waals surface area contributed by atoms with Crippen LogP contribution < -0.4 is 5.32 Å². The number of carboxylic acid groups (broad SMARTS) is 1. The van der Waals surface area contributed by atoms with Crippen molar-refractivity contribution in [3.05, 3.63) is 24.0 Å². The highest BCUT2D eigenvalue weighted by Crippen LogP contribution is 2.10. The van der Waals surface area contributed by atoms with E-state index in [1.165, 1.54) is 18.3 Å². The molecule has 7 nitrogen and oxygen atoms in total. The largest absolute Gasteiger partial charge is 0.477 e. The van der Waals surface area contributed by atoms with E-state index in [1.54, 1.807) is 12.0 Å². The summed E-state index contributed by atoms with van der Waals surface area (Å²) in [7, 11) is 1.58. The fourth-order valence-electron chi connectivity index (χ4n) is 1.72. The normalized spacial score (nSPS) is 11.8. The number of pyridine rings is 1. The van der Waals surface area contributed by atoms with Crippen molar-refractivity contribution in [3.63, 3.8) is 0 Å². The third-order valence-electron chi connectivity index (χ3n) is 3.15. The van der Waals surface area contributed by atoms with Crippen LogP contribution in [0, 0.1) is 0 Å². The van der Waals surface area contributed by atoms with Crippen molar-refractivity contribution in [2.24, 2.45) is 0 Å². The van der Waals surface area contributed by atoms with Gasteiger partial charge in [0, 0.05) is 19.7 Å². The first-order chi connectivity index (χ1) is 9.99. The van der Waals surface area contributed by atoms with Crippen LogP contribution in [0.3, 0.4) is 0 Å². The number of aromatic carboxylic acids is 1. The molecule has 0 bridgehead atoms. The quantitative estimate of drug-likeness (QED) is 0.803. The minimum Gasteiger partial charge on any atom is -0.477 e. The smallest absolute Gasteiger partial charge is 0.354 e. The van der Waals surface area contributed by atoms with Gasteiger partial charge in [0.2, 0.25) is 0 Å². The maximum Gasteiger partial charge on any atom is 0.354 e. The van der Waals surface area contributed by atoms with Gasteiger partial charge in [-0.2, -0.15) is 0 Å². The fraction of sp³-hybridized carbons (Fsp3) is 0.500. The Bertz CT molecular complexity index is 476. The Hall–Kier alpha value is -2.15. The zero-order valence-electron chi connectivity index (χ0n) is 12.5. The van der Waals surface area contributed by atoms with Crippen LogP contribution in [0.4, 0.5) is 10.5 Å². The van der Waals surface area contributed by atoms with E-state index in [4.69, 9.17) is 9.84 Å². The highest BCUT2D eigenvalue weighted by molar-refractivity contribution is 5.90. The number of ether oxygens (including phenoxy) is 1. The van der Waals surface area contributed by atoms with Gasteiger partial charge in [-0.1, -0.05) is 6.92 Å². The van der Waals surface area contributed by atoms with E-state index in [2.05, 4.69) is 10.3 Å². The predicted molar refractivity (Wildman–Crippen MR) is 78.6 cm³/mol. The van der Waals surface area contributed by atoms with Crippen molar-refractivity contribution in [3.8, 4) is 0 Å². The predicted octanol–water partition coefficient (Wildman–Crippen LogP) is 2.06. The summed E-state index contributed by atoms with van der Waals surface area (Å²) in [6.07, 6.45) is 2.15. The van der Waals surface area contributed by atoms with Gasteiger partial charge in [-0.05, 0) is 25.5 Å². The molecule has 7 heteroatoms. The second kappa shape index (κ2) is 8.21. The number of methoxy groups -OCH3 is 1. The Labute approximate surface area is 123 Å². The first-order valence-corrected chi connectivity index (χ1v) is 6.75. The van der Waals surface area contributed by atoms with Crippen molar-refractivity contribution in [1.29, 1.82) is 0 Å². The molecule has 1 aromatic rings. The van der Waals surface area contributed by atoms with Crippen molar-refractivity contribution < 1.29 is 19.4 Å². The molecule has 1 atom stereocenters. The van der Waals surface area contributed by atoms with Gasteiger partial charge in [0.25, 0.3) is 0 Å². The van der Waals surface area contributed by atoms with Gasteiger partial charge in [0.1, 0.15) is 5.69 Å². The highest BCUT2D eigenvalue weighted by atomic mass is 16.5. The molecular formula is C14H21N3O4. The Morgan fingerprint density at radius 3 is 2.67 bits per heavy atom. The molecule has 116 valence electrons. The summed E-state index contributed by atoms with van der Waals surface area (Å²) in [6, 6.07) is 2.68. The molecule has 0 aliphatic carbocycles. The molecule has 1 unspecified atom stereocenters. The van der Waals surface area contributed by atoms with E-state index < -0.39 is 5.97 Å². The molecule has 1 heterocycles. The number of carbonyl (C=O) groups excluding carboxylic acids is 1. The molecule has 0 aromatic carbocycles. The Balaban J connectivity index is 2.73. The number of carboxylic acids is 1. The number of nitrogens with zero attached hydrogens (tertiary/aromatic N) is 2. The maximum absolute atomic E-state index is 12.3. The average molecular weight is 295 g/mol. The summed E-state index contributed by atoms with van der Waals surface area (Å²) < 4.78 is 5.01. The molecule has 0 radical (unpaired) electrons. The van der Waals surface area contributed by atoms with Gasteiger partial charge in [0.05, 0.1) is 18.5 Å². The second-order valence-corrected chi connectivity index (χ2v) is 4.61. The van der Waals surface area contributed by atoms with E-state index in [-0.39, 0.29) is 17.8 Å². The second-order valence-electron chi connectivity index (χ2n) is 4.61. The molecule has 0 saturated carbocycles. The van der Waals surface area contributed by atoms with Crippen LogP contribution in [0.5, 0.6) is 0 Å². The average Bonchev–Trinajstić information content (AvgIpc) is 2.47. The van der Waals surface area contributed by atoms with Gasteiger partial charge >= 0.3 is 12.0 Å². The van der Waals surface area contributed by atoms with Crippen LogP contribution in [0.1, 0.15) is 30.8 Å². The Morgan fingerprint density at radius 2 is 2.19 bits per heavy atom. The van der Waals surface area contributed by atoms with Gasteiger partial charge in [-0.25, -0.2) is 14.6 Å². The lowest BCUT2D eigenvalue weighted by Gasteiger charge is -2.28. The molecule has 2 N–H and O–H groups in total. The highest BCUT2D eigenvalue weighted by Gasteiger charge is 2.18. The topological polar surface area (TPSA) is 91.8 Å². The molecule has 21 heavy (non-hydrogen) atoms. The zero-order valence-corrected chi connectivity index (χ0v) is 12.5. The first kappa shape index (κ1) is 16.9. The molecule has 1 rings (SSSR count). The first-order valence-electron chi connectivity index (χ1n) is 6.75. The van der Waals surface area contributed by atoms with Crippen LogP contribution in [0.15, 0.2) is 18.3 Å². The van der Waals surface area contributed by atoms with Gasteiger partial charge < -0.3 is 20.1 Å². The van der Waals surface area contributed by atoms with E-state index in [0.717, 1.165) is 6.42 Å². The van der Waals surface area contributed by atoms with Gasteiger partial charge in [0.15, 0.2) is 0 Å². The minimum atomic E-state index is -1.10. The lowest BCUT2D eigenvalue weighted by molar-refractivity contribution is 0.0690. The number of carbonyl (C=O) groups is 2. The Kier molecular flexibility index (Phi) is 6.61. The summed E-state index contributed by atoms with van der Waals surface area (Å²) in [5, 5.41) is 11.5. The van der Waals surface area contributed by atoms with E-state index in [1.807, 2.05) is 13.8 Å². The lowest BCUT2D eigenvalue weighted by atomic mass is 10.2. The molecule has 0 saturated heterocycles.